The van der Waals surface area contributed by atoms with Crippen LogP contribution < -0.4 is 5.32 Å². The molecule has 25 heavy (non-hydrogen) atoms. The lowest BCUT2D eigenvalue weighted by Gasteiger charge is -2.34. The first-order valence-electron chi connectivity index (χ1n) is 7.96. The van der Waals surface area contributed by atoms with Crippen LogP contribution in [-0.4, -0.2) is 28.9 Å². The molecule has 1 N–H and O–H groups in total. The Labute approximate surface area is 162 Å². The lowest BCUT2D eigenvalue weighted by Crippen LogP contribution is -2.40. The number of thiophene rings is 2. The number of rotatable bonds is 4. The number of pyridine rings is 1. The lowest BCUT2D eigenvalue weighted by atomic mass is 9.98. The van der Waals surface area contributed by atoms with Crippen LogP contribution in [0.25, 0.3) is 0 Å². The normalized spacial score (nSPS) is 17.2. The van der Waals surface area contributed by atoms with Crippen LogP contribution in [0, 0.1) is 0 Å². The summed E-state index contributed by atoms with van der Waals surface area (Å²) in [4.78, 5) is 21.7. The number of nitrogens with zero attached hydrogens (tertiary/aromatic N) is 2. The molecule has 1 atom stereocenters. The zero-order valence-corrected chi connectivity index (χ0v) is 16.5. The zero-order valence-electron chi connectivity index (χ0n) is 13.3. The Morgan fingerprint density at radius 2 is 2.20 bits per heavy atom. The summed E-state index contributed by atoms with van der Waals surface area (Å²) >= 11 is 6.91. The molecule has 4 rings (SSSR count). The molecule has 0 aromatic carbocycles. The fourth-order valence-corrected chi connectivity index (χ4v) is 5.15. The molecule has 4 nitrogen and oxygen atoms in total. The maximum atomic E-state index is 12.5. The summed E-state index contributed by atoms with van der Waals surface area (Å²) in [5.74, 6) is 0.546. The third kappa shape index (κ3) is 3.69. The van der Waals surface area contributed by atoms with Crippen LogP contribution in [0.2, 0.25) is 0 Å². The minimum atomic E-state index is -0.0324. The quantitative estimate of drug-likeness (QED) is 0.655. The SMILES string of the molecule is O=C(CN1CCc2sccc2C1c1cccs1)Nc1ccc(Br)cn1. The van der Waals surface area contributed by atoms with Gasteiger partial charge < -0.3 is 5.32 Å². The van der Waals surface area contributed by atoms with Crippen molar-refractivity contribution in [1.82, 2.24) is 9.88 Å². The molecule has 3 aromatic heterocycles. The van der Waals surface area contributed by atoms with Crippen molar-refractivity contribution in [3.63, 3.8) is 0 Å². The van der Waals surface area contributed by atoms with E-state index in [9.17, 15) is 4.79 Å². The number of amides is 1. The topological polar surface area (TPSA) is 45.2 Å². The van der Waals surface area contributed by atoms with E-state index < -0.39 is 0 Å². The van der Waals surface area contributed by atoms with Gasteiger partial charge in [0, 0.05) is 27.0 Å². The Bertz CT molecular complexity index is 861. The number of aromatic nitrogens is 1. The average Bonchev–Trinajstić information content (AvgIpc) is 3.28. The van der Waals surface area contributed by atoms with Crippen LogP contribution in [0.5, 0.6) is 0 Å². The number of nitrogens with one attached hydrogen (secondary N) is 1. The number of fused-ring (bicyclic) bond motifs is 1. The number of hydrogen-bond donors (Lipinski definition) is 1. The molecule has 0 saturated heterocycles. The molecule has 4 heterocycles. The van der Waals surface area contributed by atoms with E-state index in [1.54, 1.807) is 23.6 Å². The third-order valence-corrected chi connectivity index (χ3v) is 6.61. The largest absolute Gasteiger partial charge is 0.310 e. The third-order valence-electron chi connectivity index (χ3n) is 4.22. The standard InChI is InChI=1S/C18H16BrN3OS2/c19-12-3-4-16(20-10-12)21-17(23)11-22-7-5-14-13(6-9-25-14)18(22)15-2-1-8-24-15/h1-4,6,8-10,18H,5,7,11H2,(H,20,21,23). The molecule has 0 fully saturated rings. The highest BCUT2D eigenvalue weighted by Gasteiger charge is 2.31. The molecule has 1 amide bonds. The van der Waals surface area contributed by atoms with Crippen molar-refractivity contribution in [2.75, 3.05) is 18.4 Å². The fourth-order valence-electron chi connectivity index (χ4n) is 3.14. The van der Waals surface area contributed by atoms with E-state index in [0.29, 0.717) is 12.4 Å². The lowest BCUT2D eigenvalue weighted by molar-refractivity contribution is -0.117. The Balaban J connectivity index is 1.52. The van der Waals surface area contributed by atoms with Crippen LogP contribution in [0.4, 0.5) is 5.82 Å². The second-order valence-corrected chi connectivity index (χ2v) is 8.74. The maximum absolute atomic E-state index is 12.5. The minimum Gasteiger partial charge on any atom is -0.310 e. The summed E-state index contributed by atoms with van der Waals surface area (Å²) in [6.45, 7) is 1.24. The fraction of sp³-hybridized carbons (Fsp3) is 0.222. The molecule has 3 aromatic rings. The molecule has 0 saturated carbocycles. The molecule has 7 heteroatoms. The predicted octanol–water partition coefficient (Wildman–Crippen LogP) is 4.55. The molecule has 1 aliphatic heterocycles. The maximum Gasteiger partial charge on any atom is 0.239 e. The van der Waals surface area contributed by atoms with Crippen molar-refractivity contribution in [2.24, 2.45) is 0 Å². The van der Waals surface area contributed by atoms with E-state index in [1.807, 2.05) is 17.4 Å². The monoisotopic (exact) mass is 433 g/mol. The summed E-state index contributed by atoms with van der Waals surface area (Å²) in [5, 5.41) is 7.14. The number of anilines is 1. The number of carbonyl (C=O) groups excluding carboxylic acids is 1. The molecule has 1 aliphatic rings. The highest BCUT2D eigenvalue weighted by Crippen LogP contribution is 2.39. The number of hydrogen-bond acceptors (Lipinski definition) is 5. The van der Waals surface area contributed by atoms with Crippen LogP contribution in [-0.2, 0) is 11.2 Å². The summed E-state index contributed by atoms with van der Waals surface area (Å²) in [5.41, 5.74) is 1.34. The van der Waals surface area contributed by atoms with Crippen molar-refractivity contribution in [3.05, 3.63) is 67.1 Å². The van der Waals surface area contributed by atoms with Gasteiger partial charge in [0.2, 0.25) is 5.91 Å². The van der Waals surface area contributed by atoms with Crippen LogP contribution >= 0.6 is 38.6 Å². The van der Waals surface area contributed by atoms with Crippen molar-refractivity contribution in [3.8, 4) is 0 Å². The highest BCUT2D eigenvalue weighted by molar-refractivity contribution is 9.10. The molecular weight excluding hydrogens is 418 g/mol. The summed E-state index contributed by atoms with van der Waals surface area (Å²) in [6.07, 6.45) is 2.68. The van der Waals surface area contributed by atoms with Gasteiger partial charge in [0.25, 0.3) is 0 Å². The van der Waals surface area contributed by atoms with Gasteiger partial charge >= 0.3 is 0 Å². The molecule has 0 radical (unpaired) electrons. The van der Waals surface area contributed by atoms with E-state index in [-0.39, 0.29) is 11.9 Å². The molecule has 0 aliphatic carbocycles. The molecule has 0 bridgehead atoms. The average molecular weight is 434 g/mol. The number of carbonyl (C=O) groups is 1. The summed E-state index contributed by atoms with van der Waals surface area (Å²) < 4.78 is 0.893. The first-order chi connectivity index (χ1) is 12.2. The summed E-state index contributed by atoms with van der Waals surface area (Å²) in [6, 6.07) is 10.3. The second-order valence-electron chi connectivity index (χ2n) is 5.85. The van der Waals surface area contributed by atoms with E-state index in [4.69, 9.17) is 0 Å². The van der Waals surface area contributed by atoms with Gasteiger partial charge in [-0.25, -0.2) is 4.98 Å². The zero-order chi connectivity index (χ0) is 17.2. The first-order valence-corrected chi connectivity index (χ1v) is 10.5. The Hall–Kier alpha value is -1.54. The van der Waals surface area contributed by atoms with E-state index in [1.165, 1.54) is 15.3 Å². The highest BCUT2D eigenvalue weighted by atomic mass is 79.9. The van der Waals surface area contributed by atoms with Gasteiger partial charge in [-0.3, -0.25) is 9.69 Å². The predicted molar refractivity (Wildman–Crippen MR) is 106 cm³/mol. The van der Waals surface area contributed by atoms with Crippen molar-refractivity contribution >= 4 is 50.3 Å². The van der Waals surface area contributed by atoms with E-state index >= 15 is 0 Å². The van der Waals surface area contributed by atoms with Crippen LogP contribution in [0.15, 0.2) is 51.8 Å². The van der Waals surface area contributed by atoms with Crippen molar-refractivity contribution < 1.29 is 4.79 Å². The Morgan fingerprint density at radius 3 is 2.96 bits per heavy atom. The van der Waals surface area contributed by atoms with Crippen molar-refractivity contribution in [2.45, 2.75) is 12.5 Å². The molecule has 1 unspecified atom stereocenters. The Kier molecular flexibility index (Phi) is 4.98. The first kappa shape index (κ1) is 16.9. The van der Waals surface area contributed by atoms with Gasteiger partial charge in [0.05, 0.1) is 12.6 Å². The van der Waals surface area contributed by atoms with Gasteiger partial charge in [0.1, 0.15) is 5.82 Å². The smallest absolute Gasteiger partial charge is 0.239 e. The van der Waals surface area contributed by atoms with Crippen LogP contribution in [0.3, 0.4) is 0 Å². The van der Waals surface area contributed by atoms with Gasteiger partial charge in [-0.15, -0.1) is 22.7 Å². The second kappa shape index (κ2) is 7.37. The van der Waals surface area contributed by atoms with Gasteiger partial charge in [-0.05, 0) is 62.9 Å². The molecular formula is C18H16BrN3OS2. The minimum absolute atomic E-state index is 0.0324. The van der Waals surface area contributed by atoms with E-state index in [2.05, 4.69) is 60.1 Å². The van der Waals surface area contributed by atoms with Crippen molar-refractivity contribution in [1.29, 1.82) is 0 Å². The molecule has 0 spiro atoms. The Morgan fingerprint density at radius 1 is 1.28 bits per heavy atom. The van der Waals surface area contributed by atoms with Gasteiger partial charge in [0.15, 0.2) is 0 Å². The number of halogens is 1. The summed E-state index contributed by atoms with van der Waals surface area (Å²) in [7, 11) is 0. The van der Waals surface area contributed by atoms with Gasteiger partial charge in [-0.2, -0.15) is 0 Å². The van der Waals surface area contributed by atoms with E-state index in [0.717, 1.165) is 17.4 Å². The molecule has 128 valence electrons. The van der Waals surface area contributed by atoms with Crippen LogP contribution in [0.1, 0.15) is 21.4 Å². The van der Waals surface area contributed by atoms with Gasteiger partial charge in [-0.1, -0.05) is 6.07 Å².